The minimum Gasteiger partial charge on any atom is -0.308 e. The van der Waals surface area contributed by atoms with Crippen LogP contribution in [0.25, 0.3) is 0 Å². The fourth-order valence-corrected chi connectivity index (χ4v) is 1.04. The fraction of sp³-hybridized carbons (Fsp3) is 0.600. The molecule has 2 rings (SSSR count). The van der Waals surface area contributed by atoms with Gasteiger partial charge in [0.05, 0.1) is 13.1 Å². The smallest absolute Gasteiger partial charge is 0.308 e. The molecule has 2 heterocycles. The maximum Gasteiger partial charge on any atom is 0.327 e. The lowest BCUT2D eigenvalue weighted by molar-refractivity contribution is 0.455. The van der Waals surface area contributed by atoms with Gasteiger partial charge in [0, 0.05) is 6.54 Å². The average Bonchev–Trinajstić information content (AvgIpc) is 2.27. The molecular formula is C5H7FN4. The van der Waals surface area contributed by atoms with Crippen molar-refractivity contribution in [3.8, 4) is 0 Å². The van der Waals surface area contributed by atoms with Crippen LogP contribution in [0.3, 0.4) is 0 Å². The Kier molecular flexibility index (Phi) is 1.17. The Morgan fingerprint density at radius 2 is 2.50 bits per heavy atom. The first-order chi connectivity index (χ1) is 4.86. The zero-order chi connectivity index (χ0) is 6.97. The first-order valence-electron chi connectivity index (χ1n) is 3.16. The summed E-state index contributed by atoms with van der Waals surface area (Å²) in [6.45, 7) is 2.18. The molecule has 0 saturated heterocycles. The zero-order valence-corrected chi connectivity index (χ0v) is 5.34. The maximum atomic E-state index is 12.3. The van der Waals surface area contributed by atoms with Crippen LogP contribution in [0.1, 0.15) is 5.82 Å². The molecule has 1 N–H and O–H groups in total. The minimum atomic E-state index is -0.626. The number of fused-ring (bicyclic) bond motifs is 1. The summed E-state index contributed by atoms with van der Waals surface area (Å²) < 4.78 is 13.9. The Balaban J connectivity index is 2.41. The van der Waals surface area contributed by atoms with E-state index in [1.54, 1.807) is 4.68 Å². The molecule has 54 valence electrons. The third kappa shape index (κ3) is 0.786. The summed E-state index contributed by atoms with van der Waals surface area (Å²) in [6, 6.07) is 0. The van der Waals surface area contributed by atoms with E-state index < -0.39 is 6.08 Å². The van der Waals surface area contributed by atoms with Crippen LogP contribution in [0.15, 0.2) is 0 Å². The zero-order valence-electron chi connectivity index (χ0n) is 5.34. The van der Waals surface area contributed by atoms with Gasteiger partial charge in [0.25, 0.3) is 0 Å². The molecule has 1 aromatic heterocycles. The third-order valence-electron chi connectivity index (χ3n) is 1.51. The molecule has 0 spiro atoms. The van der Waals surface area contributed by atoms with Crippen molar-refractivity contribution in [3.63, 3.8) is 0 Å². The number of hydrogen-bond acceptors (Lipinski definition) is 3. The topological polar surface area (TPSA) is 42.7 Å². The molecule has 1 aliphatic heterocycles. The molecule has 0 amide bonds. The van der Waals surface area contributed by atoms with Gasteiger partial charge in [0.1, 0.15) is 5.82 Å². The summed E-state index contributed by atoms with van der Waals surface area (Å²) in [5, 5.41) is 6.61. The fourth-order valence-electron chi connectivity index (χ4n) is 1.04. The molecule has 1 aromatic rings. The van der Waals surface area contributed by atoms with Gasteiger partial charge in [-0.25, -0.2) is 4.68 Å². The monoisotopic (exact) mass is 142 g/mol. The Hall–Kier alpha value is -0.970. The quantitative estimate of drug-likeness (QED) is 0.532. The van der Waals surface area contributed by atoms with Crippen molar-refractivity contribution in [3.05, 3.63) is 11.9 Å². The van der Waals surface area contributed by atoms with E-state index in [2.05, 4.69) is 15.4 Å². The molecule has 0 fully saturated rings. The Bertz CT molecular complexity index is 220. The molecule has 5 heteroatoms. The molecule has 0 aromatic carbocycles. The van der Waals surface area contributed by atoms with E-state index >= 15 is 0 Å². The lowest BCUT2D eigenvalue weighted by Gasteiger charge is -2.11. The van der Waals surface area contributed by atoms with Crippen molar-refractivity contribution in [2.75, 3.05) is 6.54 Å². The van der Waals surface area contributed by atoms with Gasteiger partial charge in [-0.15, -0.1) is 5.10 Å². The van der Waals surface area contributed by atoms with E-state index in [1.807, 2.05) is 0 Å². The second-order valence-electron chi connectivity index (χ2n) is 2.20. The van der Waals surface area contributed by atoms with Gasteiger partial charge < -0.3 is 5.32 Å². The standard InChI is InChI=1S/C5H7FN4/c6-5-8-4-3-7-1-2-10(4)9-5/h7H,1-3H2. The maximum absolute atomic E-state index is 12.3. The Morgan fingerprint density at radius 3 is 3.30 bits per heavy atom. The molecule has 0 saturated carbocycles. The van der Waals surface area contributed by atoms with Crippen molar-refractivity contribution in [1.82, 2.24) is 20.1 Å². The van der Waals surface area contributed by atoms with Crippen LogP contribution >= 0.6 is 0 Å². The highest BCUT2D eigenvalue weighted by atomic mass is 19.1. The van der Waals surface area contributed by atoms with E-state index in [-0.39, 0.29) is 0 Å². The highest BCUT2D eigenvalue weighted by Gasteiger charge is 2.11. The molecule has 0 aliphatic carbocycles. The Morgan fingerprint density at radius 1 is 1.60 bits per heavy atom. The number of halogens is 1. The van der Waals surface area contributed by atoms with Crippen LogP contribution < -0.4 is 5.32 Å². The Labute approximate surface area is 57.1 Å². The largest absolute Gasteiger partial charge is 0.327 e. The number of rotatable bonds is 0. The first kappa shape index (κ1) is 5.79. The van der Waals surface area contributed by atoms with E-state index in [0.29, 0.717) is 18.9 Å². The molecule has 0 unspecified atom stereocenters. The predicted molar refractivity (Wildman–Crippen MR) is 31.7 cm³/mol. The van der Waals surface area contributed by atoms with Gasteiger partial charge in [0.2, 0.25) is 0 Å². The highest BCUT2D eigenvalue weighted by molar-refractivity contribution is 4.87. The van der Waals surface area contributed by atoms with Crippen LogP contribution in [0.4, 0.5) is 4.39 Å². The summed E-state index contributed by atoms with van der Waals surface area (Å²) in [7, 11) is 0. The molecule has 0 bridgehead atoms. The van der Waals surface area contributed by atoms with Crippen LogP contribution in [-0.4, -0.2) is 21.3 Å². The van der Waals surface area contributed by atoms with Crippen molar-refractivity contribution in [2.45, 2.75) is 13.1 Å². The van der Waals surface area contributed by atoms with Crippen LogP contribution in [0, 0.1) is 6.08 Å². The van der Waals surface area contributed by atoms with Crippen molar-refractivity contribution in [1.29, 1.82) is 0 Å². The molecular weight excluding hydrogens is 135 g/mol. The first-order valence-corrected chi connectivity index (χ1v) is 3.16. The SMILES string of the molecule is Fc1nc2n(n1)CCNC2. The van der Waals surface area contributed by atoms with Gasteiger partial charge in [0.15, 0.2) is 0 Å². The lowest BCUT2D eigenvalue weighted by Crippen LogP contribution is -2.28. The molecule has 0 radical (unpaired) electrons. The predicted octanol–water partition coefficient (Wildman–Crippen LogP) is -0.480. The van der Waals surface area contributed by atoms with E-state index in [0.717, 1.165) is 6.54 Å². The molecule has 0 atom stereocenters. The molecule has 1 aliphatic rings. The van der Waals surface area contributed by atoms with E-state index in [9.17, 15) is 4.39 Å². The van der Waals surface area contributed by atoms with E-state index in [1.165, 1.54) is 0 Å². The normalized spacial score (nSPS) is 16.9. The molecule has 4 nitrogen and oxygen atoms in total. The molecule has 10 heavy (non-hydrogen) atoms. The van der Waals surface area contributed by atoms with Crippen molar-refractivity contribution in [2.24, 2.45) is 0 Å². The second-order valence-corrected chi connectivity index (χ2v) is 2.20. The minimum absolute atomic E-state index is 0.622. The summed E-state index contributed by atoms with van der Waals surface area (Å²) in [6.07, 6.45) is -0.626. The van der Waals surface area contributed by atoms with Crippen LogP contribution in [0.2, 0.25) is 0 Å². The van der Waals surface area contributed by atoms with Gasteiger partial charge >= 0.3 is 6.08 Å². The number of nitrogens with zero attached hydrogens (tertiary/aromatic N) is 3. The second kappa shape index (κ2) is 2.02. The summed E-state index contributed by atoms with van der Waals surface area (Å²) in [5.41, 5.74) is 0. The van der Waals surface area contributed by atoms with Crippen LogP contribution in [0.5, 0.6) is 0 Å². The third-order valence-corrected chi connectivity index (χ3v) is 1.51. The van der Waals surface area contributed by atoms with Crippen LogP contribution in [-0.2, 0) is 13.1 Å². The summed E-state index contributed by atoms with van der Waals surface area (Å²) in [5.74, 6) is 0.684. The number of nitrogens with one attached hydrogen (secondary N) is 1. The number of hydrogen-bond donors (Lipinski definition) is 1. The van der Waals surface area contributed by atoms with Gasteiger partial charge in [-0.2, -0.15) is 9.37 Å². The summed E-state index contributed by atoms with van der Waals surface area (Å²) >= 11 is 0. The summed E-state index contributed by atoms with van der Waals surface area (Å²) in [4.78, 5) is 3.57. The van der Waals surface area contributed by atoms with Crippen molar-refractivity contribution >= 4 is 0 Å². The van der Waals surface area contributed by atoms with Crippen molar-refractivity contribution < 1.29 is 4.39 Å². The number of aromatic nitrogens is 3. The lowest BCUT2D eigenvalue weighted by atomic mass is 10.4. The average molecular weight is 142 g/mol. The van der Waals surface area contributed by atoms with Gasteiger partial charge in [-0.05, 0) is 0 Å². The van der Waals surface area contributed by atoms with Gasteiger partial charge in [-0.1, -0.05) is 0 Å². The van der Waals surface area contributed by atoms with Gasteiger partial charge in [-0.3, -0.25) is 0 Å². The highest BCUT2D eigenvalue weighted by Crippen LogP contribution is 2.00. The van der Waals surface area contributed by atoms with E-state index in [4.69, 9.17) is 0 Å².